The molecule has 1 atom stereocenters. The van der Waals surface area contributed by atoms with Crippen molar-refractivity contribution in [3.05, 3.63) is 45.6 Å². The van der Waals surface area contributed by atoms with E-state index in [1.54, 1.807) is 19.2 Å². The Morgan fingerprint density at radius 2 is 2.16 bits per heavy atom. The fraction of sp³-hybridized carbons (Fsp3) is 0.353. The first kappa shape index (κ1) is 18.3. The molecule has 1 aromatic heterocycles. The number of hydrogen-bond donors (Lipinski definition) is 0. The van der Waals surface area contributed by atoms with Gasteiger partial charge in [-0.25, -0.2) is 14.8 Å². The number of hydrogen-bond acceptors (Lipinski definition) is 6. The molecule has 1 saturated heterocycles. The van der Waals surface area contributed by atoms with Crippen molar-refractivity contribution in [2.24, 2.45) is 0 Å². The van der Waals surface area contributed by atoms with Crippen molar-refractivity contribution in [3.8, 4) is 0 Å². The van der Waals surface area contributed by atoms with E-state index in [-0.39, 0.29) is 0 Å². The topological polar surface area (TPSA) is 55.1 Å². The Hall–Kier alpha value is -1.50. The zero-order valence-electron chi connectivity index (χ0n) is 13.8. The van der Waals surface area contributed by atoms with Gasteiger partial charge in [0.15, 0.2) is 5.16 Å². The molecule has 5 nitrogen and oxygen atoms in total. The van der Waals surface area contributed by atoms with Gasteiger partial charge in [0.1, 0.15) is 11.4 Å². The minimum absolute atomic E-state index is 0.321. The zero-order valence-corrected chi connectivity index (χ0v) is 16.2. The van der Waals surface area contributed by atoms with Crippen molar-refractivity contribution in [2.75, 3.05) is 18.1 Å². The predicted octanol–water partition coefficient (Wildman–Crippen LogP) is 4.46. The molecule has 0 unspecified atom stereocenters. The maximum Gasteiger partial charge on any atom is 0.343 e. The molecular formula is C17H17Cl2N3O2S. The average Bonchev–Trinajstić information content (AvgIpc) is 3.32. The maximum absolute atomic E-state index is 12.1. The maximum atomic E-state index is 12.1. The van der Waals surface area contributed by atoms with Gasteiger partial charge in [0, 0.05) is 24.5 Å². The van der Waals surface area contributed by atoms with Crippen LogP contribution in [0.15, 0.2) is 29.6 Å². The van der Waals surface area contributed by atoms with Crippen LogP contribution in [0.4, 0.5) is 5.82 Å². The molecule has 25 heavy (non-hydrogen) atoms. The van der Waals surface area contributed by atoms with Crippen LogP contribution in [0.5, 0.6) is 0 Å². The lowest BCUT2D eigenvalue weighted by molar-refractivity contribution is 0.0526. The summed E-state index contributed by atoms with van der Waals surface area (Å²) < 4.78 is 5.10. The summed E-state index contributed by atoms with van der Waals surface area (Å²) in [5.41, 5.74) is 1.43. The van der Waals surface area contributed by atoms with Crippen molar-refractivity contribution >= 4 is 46.8 Å². The van der Waals surface area contributed by atoms with E-state index in [2.05, 4.69) is 21.8 Å². The summed E-state index contributed by atoms with van der Waals surface area (Å²) in [7, 11) is 0. The average molecular weight is 398 g/mol. The number of nitrogens with zero attached hydrogens (tertiary/aromatic N) is 3. The van der Waals surface area contributed by atoms with Gasteiger partial charge < -0.3 is 9.64 Å². The number of rotatable bonds is 6. The van der Waals surface area contributed by atoms with Gasteiger partial charge in [0.2, 0.25) is 0 Å². The van der Waals surface area contributed by atoms with Gasteiger partial charge in [-0.3, -0.25) is 0 Å². The fourth-order valence-corrected chi connectivity index (χ4v) is 3.38. The van der Waals surface area contributed by atoms with Crippen molar-refractivity contribution < 1.29 is 9.53 Å². The molecule has 0 aliphatic carbocycles. The number of thioether (sulfide) groups is 1. The number of benzene rings is 1. The number of halogens is 2. The molecule has 1 aliphatic heterocycles. The largest absolute Gasteiger partial charge is 0.462 e. The summed E-state index contributed by atoms with van der Waals surface area (Å²) in [4.78, 5) is 23.0. The Bertz CT molecular complexity index is 803. The second-order valence-corrected chi connectivity index (χ2v) is 7.41. The molecule has 0 amide bonds. The number of aromatic nitrogens is 2. The Kier molecular flexibility index (Phi) is 5.71. The fourth-order valence-electron chi connectivity index (χ4n) is 2.31. The second kappa shape index (κ2) is 7.81. The van der Waals surface area contributed by atoms with Gasteiger partial charge in [-0.2, -0.15) is 0 Å². The molecule has 2 aromatic rings. The monoisotopic (exact) mass is 397 g/mol. The minimum Gasteiger partial charge on any atom is -0.462 e. The van der Waals surface area contributed by atoms with Crippen LogP contribution in [0.1, 0.15) is 29.8 Å². The molecule has 1 aromatic carbocycles. The van der Waals surface area contributed by atoms with E-state index < -0.39 is 5.97 Å². The summed E-state index contributed by atoms with van der Waals surface area (Å²) in [6, 6.07) is 5.89. The Labute approximate surface area is 160 Å². The molecule has 0 spiro atoms. The smallest absolute Gasteiger partial charge is 0.343 e. The normalized spacial score (nSPS) is 16.0. The van der Waals surface area contributed by atoms with Crippen LogP contribution in [-0.4, -0.2) is 35.1 Å². The van der Waals surface area contributed by atoms with Crippen LogP contribution in [-0.2, 0) is 10.5 Å². The van der Waals surface area contributed by atoms with Crippen LogP contribution < -0.4 is 4.90 Å². The standard InChI is InChI=1S/C17H17Cl2N3O2S/c1-3-24-16(23)12-7-20-17(21-15(12)22-8-10(22)2)25-9-11-4-5-13(18)14(19)6-11/h4-7,10H,3,8-9H2,1-2H3/t10-,22?/m1/s1. The van der Waals surface area contributed by atoms with Crippen molar-refractivity contribution in [1.82, 2.24) is 9.97 Å². The van der Waals surface area contributed by atoms with E-state index in [1.807, 2.05) is 12.1 Å². The molecule has 3 rings (SSSR count). The van der Waals surface area contributed by atoms with E-state index >= 15 is 0 Å². The van der Waals surface area contributed by atoms with E-state index in [1.165, 1.54) is 11.8 Å². The number of carbonyl (C=O) groups excluding carboxylic acids is 1. The lowest BCUT2D eigenvalue weighted by atomic mass is 10.2. The SMILES string of the molecule is CCOC(=O)c1cnc(SCc2ccc(Cl)c(Cl)c2)nc1N1C[C@H]1C. The van der Waals surface area contributed by atoms with Crippen LogP contribution in [0.3, 0.4) is 0 Å². The number of esters is 1. The van der Waals surface area contributed by atoms with E-state index in [9.17, 15) is 4.79 Å². The van der Waals surface area contributed by atoms with Crippen molar-refractivity contribution in [1.29, 1.82) is 0 Å². The molecule has 0 radical (unpaired) electrons. The van der Waals surface area contributed by atoms with Crippen molar-refractivity contribution in [2.45, 2.75) is 30.8 Å². The minimum atomic E-state index is -0.391. The van der Waals surface area contributed by atoms with Crippen LogP contribution in [0, 0.1) is 0 Å². The third kappa shape index (κ3) is 4.37. The Morgan fingerprint density at radius 1 is 1.40 bits per heavy atom. The highest BCUT2D eigenvalue weighted by atomic mass is 35.5. The van der Waals surface area contributed by atoms with Crippen LogP contribution >= 0.6 is 35.0 Å². The molecule has 1 aliphatic rings. The summed E-state index contributed by atoms with van der Waals surface area (Å²) in [5.74, 6) is 0.903. The molecule has 0 bridgehead atoms. The number of anilines is 1. The lowest BCUT2D eigenvalue weighted by Gasteiger charge is -2.11. The summed E-state index contributed by atoms with van der Waals surface area (Å²) in [6.45, 7) is 5.06. The van der Waals surface area contributed by atoms with Gasteiger partial charge >= 0.3 is 5.97 Å². The first-order chi connectivity index (χ1) is 12.0. The third-order valence-corrected chi connectivity index (χ3v) is 5.40. The first-order valence-electron chi connectivity index (χ1n) is 7.87. The molecule has 0 N–H and O–H groups in total. The molecule has 2 heterocycles. The first-order valence-corrected chi connectivity index (χ1v) is 9.61. The molecule has 0 saturated carbocycles. The molecule has 132 valence electrons. The number of carbonyl (C=O) groups is 1. The van der Waals surface area contributed by atoms with Gasteiger partial charge in [0.25, 0.3) is 0 Å². The summed E-state index contributed by atoms with van der Waals surface area (Å²) in [6.07, 6.45) is 1.54. The van der Waals surface area contributed by atoms with E-state index in [0.29, 0.717) is 45.0 Å². The highest BCUT2D eigenvalue weighted by molar-refractivity contribution is 7.98. The van der Waals surface area contributed by atoms with Gasteiger partial charge in [-0.1, -0.05) is 41.0 Å². The third-order valence-electron chi connectivity index (χ3n) is 3.73. The highest BCUT2D eigenvalue weighted by Gasteiger charge is 2.34. The van der Waals surface area contributed by atoms with Crippen molar-refractivity contribution in [3.63, 3.8) is 0 Å². The Morgan fingerprint density at radius 3 is 2.80 bits per heavy atom. The predicted molar refractivity (Wildman–Crippen MR) is 101 cm³/mol. The summed E-state index contributed by atoms with van der Waals surface area (Å²) >= 11 is 13.5. The van der Waals surface area contributed by atoms with E-state index in [4.69, 9.17) is 27.9 Å². The number of ether oxygens (including phenoxy) is 1. The summed E-state index contributed by atoms with van der Waals surface area (Å²) in [5, 5.41) is 1.66. The molecule has 8 heteroatoms. The zero-order chi connectivity index (χ0) is 18.0. The quantitative estimate of drug-likeness (QED) is 0.310. The van der Waals surface area contributed by atoms with Crippen LogP contribution in [0.25, 0.3) is 0 Å². The van der Waals surface area contributed by atoms with Gasteiger partial charge in [-0.05, 0) is 31.5 Å². The molecule has 1 fully saturated rings. The van der Waals surface area contributed by atoms with Gasteiger partial charge in [-0.15, -0.1) is 0 Å². The Balaban J connectivity index is 1.77. The van der Waals surface area contributed by atoms with Gasteiger partial charge in [0.05, 0.1) is 16.7 Å². The van der Waals surface area contributed by atoms with Crippen LogP contribution in [0.2, 0.25) is 10.0 Å². The second-order valence-electron chi connectivity index (χ2n) is 5.65. The molecular weight excluding hydrogens is 381 g/mol. The van der Waals surface area contributed by atoms with E-state index in [0.717, 1.165) is 12.1 Å². The highest BCUT2D eigenvalue weighted by Crippen LogP contribution is 2.32. The lowest BCUT2D eigenvalue weighted by Crippen LogP contribution is -2.12.